The third-order valence-corrected chi connectivity index (χ3v) is 8.48. The second-order valence-electron chi connectivity index (χ2n) is 9.08. The Morgan fingerprint density at radius 2 is 2.15 bits per heavy atom. The number of fused-ring (bicyclic) bond motifs is 1. The van der Waals surface area contributed by atoms with Crippen LogP contribution in [0.15, 0.2) is 41.5 Å². The number of halogens is 3. The quantitative estimate of drug-likeness (QED) is 0.657. The lowest BCUT2D eigenvalue weighted by Crippen LogP contribution is -2.55. The van der Waals surface area contributed by atoms with Crippen LogP contribution < -0.4 is 5.73 Å². The van der Waals surface area contributed by atoms with E-state index in [4.69, 9.17) is 17.3 Å². The Morgan fingerprint density at radius 1 is 1.36 bits per heavy atom. The minimum atomic E-state index is -1.03. The molecule has 4 atom stereocenters. The van der Waals surface area contributed by atoms with Gasteiger partial charge in [0.1, 0.15) is 16.4 Å². The fraction of sp³-hybridized carbons (Fsp3) is 0.375. The summed E-state index contributed by atoms with van der Waals surface area (Å²) in [6.07, 6.45) is 4.21. The molecule has 3 aliphatic rings. The van der Waals surface area contributed by atoms with Crippen molar-refractivity contribution < 1.29 is 13.6 Å². The highest BCUT2D eigenvalue weighted by Gasteiger charge is 2.71. The number of amides is 1. The molecule has 1 saturated heterocycles. The van der Waals surface area contributed by atoms with E-state index >= 15 is 4.39 Å². The maximum Gasteiger partial charge on any atom is 0.239 e. The predicted molar refractivity (Wildman–Crippen MR) is 128 cm³/mol. The second kappa shape index (κ2) is 7.81. The first kappa shape index (κ1) is 22.3. The molecule has 0 radical (unpaired) electrons. The van der Waals surface area contributed by atoms with Crippen molar-refractivity contribution >= 4 is 46.3 Å². The number of pyridine rings is 1. The molecule has 172 valence electrons. The number of thioether (sulfide) groups is 1. The molecular weight excluding hydrogens is 466 g/mol. The second-order valence-corrected chi connectivity index (χ2v) is 10.9. The summed E-state index contributed by atoms with van der Waals surface area (Å²) in [5.74, 6) is -1.18. The topological polar surface area (TPSA) is 71.6 Å². The molecule has 5 nitrogen and oxygen atoms in total. The summed E-state index contributed by atoms with van der Waals surface area (Å²) < 4.78 is 29.1. The van der Waals surface area contributed by atoms with E-state index in [1.807, 2.05) is 18.7 Å². The van der Waals surface area contributed by atoms with Crippen molar-refractivity contribution in [3.8, 4) is 0 Å². The molecule has 2 aliphatic heterocycles. The molecule has 0 bridgehead atoms. The number of likely N-dealkylation sites (tertiary alicyclic amines) is 1. The Hall–Kier alpha value is -2.45. The molecule has 0 unspecified atom stereocenters. The first-order valence-electron chi connectivity index (χ1n) is 10.8. The van der Waals surface area contributed by atoms with Gasteiger partial charge in [-0.05, 0) is 62.6 Å². The highest BCUT2D eigenvalue weighted by molar-refractivity contribution is 8.15. The van der Waals surface area contributed by atoms with Crippen LogP contribution in [0, 0.1) is 11.7 Å². The molecule has 5 rings (SSSR count). The molecular formula is C24H23ClF2N4OS. The first-order valence-corrected chi connectivity index (χ1v) is 12.0. The Morgan fingerprint density at radius 3 is 2.79 bits per heavy atom. The highest BCUT2D eigenvalue weighted by atomic mass is 35.5. The molecule has 3 heterocycles. The van der Waals surface area contributed by atoms with Gasteiger partial charge in [-0.1, -0.05) is 29.4 Å². The van der Waals surface area contributed by atoms with Crippen LogP contribution >= 0.6 is 23.4 Å². The summed E-state index contributed by atoms with van der Waals surface area (Å²) in [7, 11) is 0. The third-order valence-electron chi connectivity index (χ3n) is 6.96. The van der Waals surface area contributed by atoms with Crippen LogP contribution in [0.2, 0.25) is 5.02 Å². The van der Waals surface area contributed by atoms with Gasteiger partial charge in [-0.3, -0.25) is 14.8 Å². The van der Waals surface area contributed by atoms with Crippen LogP contribution in [0.5, 0.6) is 0 Å². The number of carbonyl (C=O) groups is 1. The van der Waals surface area contributed by atoms with E-state index in [1.54, 1.807) is 12.1 Å². The maximum absolute atomic E-state index is 15.1. The van der Waals surface area contributed by atoms with Gasteiger partial charge < -0.3 is 10.6 Å². The van der Waals surface area contributed by atoms with Gasteiger partial charge in [-0.25, -0.2) is 8.78 Å². The van der Waals surface area contributed by atoms with Crippen LogP contribution in [-0.4, -0.2) is 38.3 Å². The zero-order valence-corrected chi connectivity index (χ0v) is 19.8. The Kier molecular flexibility index (Phi) is 5.29. The number of carbonyl (C=O) groups excluding carboxylic acids is 1. The van der Waals surface area contributed by atoms with E-state index in [0.29, 0.717) is 22.6 Å². The summed E-state index contributed by atoms with van der Waals surface area (Å²) in [6.45, 7) is 4.57. The molecule has 1 aliphatic carbocycles. The van der Waals surface area contributed by atoms with E-state index in [0.717, 1.165) is 13.0 Å². The lowest BCUT2D eigenvalue weighted by molar-refractivity contribution is -0.138. The Bertz CT molecular complexity index is 1200. The average Bonchev–Trinajstić information content (AvgIpc) is 3.51. The van der Waals surface area contributed by atoms with Crippen LogP contribution in [0.4, 0.5) is 8.78 Å². The Labute approximate surface area is 200 Å². The van der Waals surface area contributed by atoms with E-state index in [-0.39, 0.29) is 28.7 Å². The molecule has 2 fully saturated rings. The van der Waals surface area contributed by atoms with Crippen molar-refractivity contribution in [3.63, 3.8) is 0 Å². The monoisotopic (exact) mass is 488 g/mol. The number of benzene rings is 1. The molecule has 2 aromatic rings. The normalized spacial score (nSPS) is 30.9. The van der Waals surface area contributed by atoms with Gasteiger partial charge in [0.15, 0.2) is 5.17 Å². The van der Waals surface area contributed by atoms with Gasteiger partial charge >= 0.3 is 0 Å². The van der Waals surface area contributed by atoms with Crippen molar-refractivity contribution in [2.24, 2.45) is 16.6 Å². The molecule has 1 aromatic heterocycles. The maximum atomic E-state index is 15.1. The van der Waals surface area contributed by atoms with Crippen molar-refractivity contribution in [1.82, 2.24) is 9.88 Å². The number of amidine groups is 1. The number of hydrogen-bond acceptors (Lipinski definition) is 5. The van der Waals surface area contributed by atoms with Crippen molar-refractivity contribution in [3.05, 3.63) is 64.2 Å². The van der Waals surface area contributed by atoms with Crippen molar-refractivity contribution in [2.75, 3.05) is 6.54 Å². The van der Waals surface area contributed by atoms with Crippen molar-refractivity contribution in [1.29, 1.82) is 0 Å². The summed E-state index contributed by atoms with van der Waals surface area (Å²) in [5.41, 5.74) is 6.03. The zero-order chi connectivity index (χ0) is 23.5. The Balaban J connectivity index is 1.50. The fourth-order valence-corrected chi connectivity index (χ4v) is 6.42. The van der Waals surface area contributed by atoms with Crippen LogP contribution in [-0.2, 0) is 10.3 Å². The summed E-state index contributed by atoms with van der Waals surface area (Å²) in [4.78, 5) is 23.8. The smallest absolute Gasteiger partial charge is 0.239 e. The van der Waals surface area contributed by atoms with E-state index in [9.17, 15) is 9.18 Å². The zero-order valence-electron chi connectivity index (χ0n) is 18.2. The summed E-state index contributed by atoms with van der Waals surface area (Å²) in [5, 5.41) is 0.675. The lowest BCUT2D eigenvalue weighted by Gasteiger charge is -2.43. The fourth-order valence-electron chi connectivity index (χ4n) is 4.87. The predicted octanol–water partition coefficient (Wildman–Crippen LogP) is 5.00. The molecule has 2 N–H and O–H groups in total. The van der Waals surface area contributed by atoms with Gasteiger partial charge in [-0.2, -0.15) is 0 Å². The number of nitrogens with zero attached hydrogens (tertiary/aromatic N) is 3. The van der Waals surface area contributed by atoms with Crippen molar-refractivity contribution in [2.45, 2.75) is 43.0 Å². The number of rotatable bonds is 4. The van der Waals surface area contributed by atoms with Gasteiger partial charge in [0.25, 0.3) is 0 Å². The van der Waals surface area contributed by atoms with Crippen LogP contribution in [0.25, 0.3) is 11.9 Å². The standard InChI is InChI=1S/C24H23ClF2N4OS/c1-13-7-8-31(13)21(32)24-11-20(24)23(2,30-22(28)33-24)16-9-14(3-5-17(16)26)10-18(27)19-6-4-15(25)12-29-19/h3-6,9-10,12-13,20H,7-8,11H2,1-2H3,(H2,28,30)/b18-10-/t13-,20-,23+,24-/m0/s1. The molecule has 1 saturated carbocycles. The summed E-state index contributed by atoms with van der Waals surface area (Å²) >= 11 is 7.11. The minimum Gasteiger partial charge on any atom is -0.378 e. The average molecular weight is 489 g/mol. The molecule has 0 spiro atoms. The van der Waals surface area contributed by atoms with Gasteiger partial charge in [0.2, 0.25) is 5.91 Å². The number of nitrogens with two attached hydrogens (primary N) is 1. The van der Waals surface area contributed by atoms with E-state index in [2.05, 4.69) is 9.98 Å². The largest absolute Gasteiger partial charge is 0.378 e. The van der Waals surface area contributed by atoms with Gasteiger partial charge in [-0.15, -0.1) is 0 Å². The number of aliphatic imine (C=N–C) groups is 1. The van der Waals surface area contributed by atoms with E-state index in [1.165, 1.54) is 42.2 Å². The molecule has 1 aromatic carbocycles. The number of aromatic nitrogens is 1. The molecule has 9 heteroatoms. The van der Waals surface area contributed by atoms with Gasteiger partial charge in [0, 0.05) is 30.3 Å². The molecule has 1 amide bonds. The highest BCUT2D eigenvalue weighted by Crippen LogP contribution is 2.66. The van der Waals surface area contributed by atoms with E-state index < -0.39 is 21.9 Å². The SMILES string of the molecule is C[C@H]1CCN1C(=O)[C@]12C[C@H]1[C@@](C)(c1cc(/C=C(\F)c3ccc(Cl)cn3)ccc1F)N=C(N)S2. The van der Waals surface area contributed by atoms with Gasteiger partial charge in [0.05, 0.1) is 16.3 Å². The summed E-state index contributed by atoms with van der Waals surface area (Å²) in [6, 6.07) is 7.60. The number of hydrogen-bond donors (Lipinski definition) is 1. The first-order chi connectivity index (χ1) is 15.6. The lowest BCUT2D eigenvalue weighted by atomic mass is 9.84. The third kappa shape index (κ3) is 3.64. The van der Waals surface area contributed by atoms with Crippen LogP contribution in [0.1, 0.15) is 43.5 Å². The van der Waals surface area contributed by atoms with Crippen LogP contribution in [0.3, 0.4) is 0 Å². The minimum absolute atomic E-state index is 0.0524. The molecule has 33 heavy (non-hydrogen) atoms.